The summed E-state index contributed by atoms with van der Waals surface area (Å²) in [5.41, 5.74) is 0. The van der Waals surface area contributed by atoms with Gasteiger partial charge in [0.1, 0.15) is 0 Å². The molecular weight excluding hydrogens is 246 g/mol. The molecule has 0 unspecified atom stereocenters. The Labute approximate surface area is 112 Å². The minimum atomic E-state index is 0.0243. The minimum absolute atomic E-state index is 0.0243. The third-order valence-corrected chi connectivity index (χ3v) is 4.98. The first kappa shape index (κ1) is 12.0. The molecule has 1 atom stereocenters. The van der Waals surface area contributed by atoms with E-state index >= 15 is 0 Å². The van der Waals surface area contributed by atoms with Crippen LogP contribution in [0.2, 0.25) is 0 Å². The first-order valence-corrected chi connectivity index (χ1v) is 7.41. The molecule has 2 bridgehead atoms. The molecule has 1 N–H and O–H groups in total. The maximum Gasteiger partial charge on any atom is 0.322 e. The summed E-state index contributed by atoms with van der Waals surface area (Å²) in [6, 6.07) is 4.30. The zero-order valence-corrected chi connectivity index (χ0v) is 11.4. The number of rotatable bonds is 2. The molecule has 0 aliphatic carbocycles. The van der Waals surface area contributed by atoms with Crippen LogP contribution in [-0.4, -0.2) is 48.6 Å². The molecule has 5 heteroatoms. The molecule has 3 aliphatic heterocycles. The Bertz CT molecular complexity index is 412. The number of carbonyl (C=O) groups is 1. The average molecular weight is 265 g/mol. The number of nitrogens with one attached hydrogen (secondary N) is 1. The molecule has 3 aliphatic rings. The molecule has 0 saturated carbocycles. The Morgan fingerprint density at radius 2 is 2.28 bits per heavy atom. The van der Waals surface area contributed by atoms with Gasteiger partial charge in [-0.15, -0.1) is 11.3 Å². The van der Waals surface area contributed by atoms with Crippen LogP contribution in [0.3, 0.4) is 0 Å². The Morgan fingerprint density at radius 3 is 2.83 bits per heavy atom. The van der Waals surface area contributed by atoms with Crippen LogP contribution >= 0.6 is 11.3 Å². The molecule has 18 heavy (non-hydrogen) atoms. The van der Waals surface area contributed by atoms with Crippen molar-refractivity contribution in [2.45, 2.75) is 18.9 Å². The van der Waals surface area contributed by atoms with Gasteiger partial charge < -0.3 is 9.80 Å². The second kappa shape index (κ2) is 4.90. The van der Waals surface area contributed by atoms with Gasteiger partial charge in [0.15, 0.2) is 0 Å². The molecule has 0 radical (unpaired) electrons. The van der Waals surface area contributed by atoms with E-state index < -0.39 is 0 Å². The topological polar surface area (TPSA) is 35.6 Å². The number of nitrogens with zero attached hydrogens (tertiary/aromatic N) is 2. The van der Waals surface area contributed by atoms with E-state index in [4.69, 9.17) is 0 Å². The number of thiophene rings is 1. The van der Waals surface area contributed by atoms with Crippen LogP contribution in [0.25, 0.3) is 0 Å². The van der Waals surface area contributed by atoms with Crippen molar-refractivity contribution in [3.8, 4) is 0 Å². The lowest BCUT2D eigenvalue weighted by molar-refractivity contribution is 0.0336. The first-order chi connectivity index (χ1) is 8.74. The van der Waals surface area contributed by atoms with Gasteiger partial charge in [0.05, 0.1) is 5.00 Å². The summed E-state index contributed by atoms with van der Waals surface area (Å²) in [7, 11) is 1.93. The molecule has 4 rings (SSSR count). The molecule has 1 aromatic heterocycles. The van der Waals surface area contributed by atoms with Gasteiger partial charge in [-0.2, -0.15) is 0 Å². The minimum Gasteiger partial charge on any atom is -0.323 e. The van der Waals surface area contributed by atoms with Gasteiger partial charge in [0, 0.05) is 19.6 Å². The van der Waals surface area contributed by atoms with Crippen LogP contribution in [0.15, 0.2) is 17.5 Å². The summed E-state index contributed by atoms with van der Waals surface area (Å²) in [6.45, 7) is 3.46. The molecule has 4 nitrogen and oxygen atoms in total. The Morgan fingerprint density at radius 1 is 1.50 bits per heavy atom. The van der Waals surface area contributed by atoms with Crippen molar-refractivity contribution in [3.63, 3.8) is 0 Å². The molecular formula is C13H19N3OS. The number of urea groups is 1. The number of amides is 2. The van der Waals surface area contributed by atoms with Gasteiger partial charge >= 0.3 is 6.03 Å². The normalized spacial score (nSPS) is 30.2. The van der Waals surface area contributed by atoms with E-state index in [0.717, 1.165) is 11.5 Å². The highest BCUT2D eigenvalue weighted by atomic mass is 32.1. The maximum atomic E-state index is 12.2. The van der Waals surface area contributed by atoms with Crippen molar-refractivity contribution in [3.05, 3.63) is 17.5 Å². The molecule has 98 valence electrons. The molecule has 0 aromatic carbocycles. The Balaban J connectivity index is 1.63. The van der Waals surface area contributed by atoms with Gasteiger partial charge in [0.2, 0.25) is 0 Å². The summed E-state index contributed by atoms with van der Waals surface area (Å²) < 4.78 is 0. The molecule has 1 aromatic rings. The van der Waals surface area contributed by atoms with Crippen molar-refractivity contribution in [2.24, 2.45) is 5.92 Å². The molecule has 0 spiro atoms. The van der Waals surface area contributed by atoms with Gasteiger partial charge in [0.25, 0.3) is 0 Å². The SMILES string of the molecule is CN(C(=O)Nc1cccs1)[C@H]1CN2CCC1CC2. The summed E-state index contributed by atoms with van der Waals surface area (Å²) in [4.78, 5) is 16.6. The van der Waals surface area contributed by atoms with Gasteiger partial charge in [-0.25, -0.2) is 4.79 Å². The third-order valence-electron chi connectivity index (χ3n) is 4.19. The monoisotopic (exact) mass is 265 g/mol. The van der Waals surface area contributed by atoms with E-state index in [2.05, 4.69) is 10.2 Å². The van der Waals surface area contributed by atoms with Crippen LogP contribution in [-0.2, 0) is 0 Å². The molecule has 2 amide bonds. The smallest absolute Gasteiger partial charge is 0.322 e. The van der Waals surface area contributed by atoms with Crippen LogP contribution < -0.4 is 5.32 Å². The Kier molecular flexibility index (Phi) is 3.26. The van der Waals surface area contributed by atoms with Crippen molar-refractivity contribution in [1.82, 2.24) is 9.80 Å². The first-order valence-electron chi connectivity index (χ1n) is 6.54. The van der Waals surface area contributed by atoms with E-state index in [1.54, 1.807) is 11.3 Å². The fourth-order valence-electron chi connectivity index (χ4n) is 3.07. The summed E-state index contributed by atoms with van der Waals surface area (Å²) in [5.74, 6) is 0.689. The average Bonchev–Trinajstić information content (AvgIpc) is 2.92. The van der Waals surface area contributed by atoms with Crippen LogP contribution in [0.5, 0.6) is 0 Å². The lowest BCUT2D eigenvalue weighted by atomic mass is 9.83. The van der Waals surface area contributed by atoms with Crippen molar-refractivity contribution < 1.29 is 4.79 Å². The van der Waals surface area contributed by atoms with E-state index in [9.17, 15) is 4.79 Å². The highest BCUT2D eigenvalue weighted by Gasteiger charge is 2.37. The highest BCUT2D eigenvalue weighted by molar-refractivity contribution is 7.14. The largest absolute Gasteiger partial charge is 0.323 e. The summed E-state index contributed by atoms with van der Waals surface area (Å²) in [6.07, 6.45) is 2.47. The number of fused-ring (bicyclic) bond motifs is 3. The van der Waals surface area contributed by atoms with Crippen molar-refractivity contribution in [2.75, 3.05) is 32.0 Å². The van der Waals surface area contributed by atoms with E-state index in [1.807, 2.05) is 29.5 Å². The maximum absolute atomic E-state index is 12.2. The molecule has 4 heterocycles. The van der Waals surface area contributed by atoms with E-state index in [1.165, 1.54) is 25.9 Å². The van der Waals surface area contributed by atoms with E-state index in [-0.39, 0.29) is 6.03 Å². The third kappa shape index (κ3) is 2.24. The zero-order chi connectivity index (χ0) is 12.5. The highest BCUT2D eigenvalue weighted by Crippen LogP contribution is 2.30. The van der Waals surface area contributed by atoms with Gasteiger partial charge in [-0.05, 0) is 49.4 Å². The number of carbonyl (C=O) groups excluding carboxylic acids is 1. The predicted molar refractivity (Wildman–Crippen MR) is 74.1 cm³/mol. The van der Waals surface area contributed by atoms with Crippen LogP contribution in [0, 0.1) is 5.92 Å². The van der Waals surface area contributed by atoms with Crippen LogP contribution in [0.4, 0.5) is 9.80 Å². The fraction of sp³-hybridized carbons (Fsp3) is 0.615. The van der Waals surface area contributed by atoms with E-state index in [0.29, 0.717) is 12.0 Å². The summed E-state index contributed by atoms with van der Waals surface area (Å²) in [5, 5.41) is 5.87. The summed E-state index contributed by atoms with van der Waals surface area (Å²) >= 11 is 1.56. The lowest BCUT2D eigenvalue weighted by Gasteiger charge is -2.47. The van der Waals surface area contributed by atoms with Gasteiger partial charge in [-0.3, -0.25) is 5.32 Å². The number of hydrogen-bond donors (Lipinski definition) is 1. The predicted octanol–water partition coefficient (Wildman–Crippen LogP) is 2.31. The van der Waals surface area contributed by atoms with Crippen molar-refractivity contribution in [1.29, 1.82) is 0 Å². The fourth-order valence-corrected chi connectivity index (χ4v) is 3.67. The number of likely N-dealkylation sites (N-methyl/N-ethyl adjacent to an activating group) is 1. The molecule has 3 saturated heterocycles. The number of anilines is 1. The number of piperidine rings is 3. The quantitative estimate of drug-likeness (QED) is 0.890. The second-order valence-electron chi connectivity index (χ2n) is 5.22. The zero-order valence-electron chi connectivity index (χ0n) is 10.6. The number of hydrogen-bond acceptors (Lipinski definition) is 3. The standard InChI is InChI=1S/C13H19N3OS/c1-15(13(17)14-12-3-2-8-18-12)11-9-16-6-4-10(11)5-7-16/h2-3,8,10-11H,4-7,9H2,1H3,(H,14,17)/t11-/m0/s1. The van der Waals surface area contributed by atoms with Crippen LogP contribution in [0.1, 0.15) is 12.8 Å². The van der Waals surface area contributed by atoms with Crippen molar-refractivity contribution >= 4 is 22.4 Å². The second-order valence-corrected chi connectivity index (χ2v) is 6.17. The van der Waals surface area contributed by atoms with Gasteiger partial charge in [-0.1, -0.05) is 0 Å². The lowest BCUT2D eigenvalue weighted by Crippen LogP contribution is -2.58. The molecule has 3 fully saturated rings. The Hall–Kier alpha value is -1.07.